The summed E-state index contributed by atoms with van der Waals surface area (Å²) < 4.78 is 5.45. The molecule has 0 aliphatic heterocycles. The number of hydrogen-bond donors (Lipinski definition) is 1. The number of carbonyl (C=O) groups is 2. The molecule has 0 spiro atoms. The number of nitrogens with zero attached hydrogens (tertiary/aromatic N) is 1. The quantitative estimate of drug-likeness (QED) is 0.592. The summed E-state index contributed by atoms with van der Waals surface area (Å²) in [7, 11) is 1.63. The number of amides is 2. The van der Waals surface area contributed by atoms with Crippen LogP contribution in [0.3, 0.4) is 0 Å². The lowest BCUT2D eigenvalue weighted by atomic mass is 9.94. The molecular formula is C26H34N2O3S. The van der Waals surface area contributed by atoms with Gasteiger partial charge in [0.15, 0.2) is 0 Å². The van der Waals surface area contributed by atoms with Gasteiger partial charge in [0.05, 0.1) is 13.5 Å². The zero-order valence-electron chi connectivity index (χ0n) is 18.9. The number of carbonyl (C=O) groups excluding carboxylic acids is 2. The molecule has 2 aliphatic carbocycles. The number of methoxy groups -OCH3 is 1. The van der Waals surface area contributed by atoms with Crippen LogP contribution < -0.4 is 10.1 Å². The minimum atomic E-state index is -0.636. The molecule has 0 radical (unpaired) electrons. The highest BCUT2D eigenvalue weighted by atomic mass is 32.1. The van der Waals surface area contributed by atoms with E-state index in [1.165, 1.54) is 6.42 Å². The van der Waals surface area contributed by atoms with E-state index in [-0.39, 0.29) is 23.9 Å². The van der Waals surface area contributed by atoms with Gasteiger partial charge in [0.1, 0.15) is 11.8 Å². The first-order chi connectivity index (χ1) is 15.7. The van der Waals surface area contributed by atoms with E-state index in [0.717, 1.165) is 61.8 Å². The average Bonchev–Trinajstić information content (AvgIpc) is 3.52. The van der Waals surface area contributed by atoms with Gasteiger partial charge in [-0.25, -0.2) is 0 Å². The summed E-state index contributed by atoms with van der Waals surface area (Å²) in [6.07, 6.45) is 10.0. The van der Waals surface area contributed by atoms with Crippen molar-refractivity contribution in [2.45, 2.75) is 82.3 Å². The van der Waals surface area contributed by atoms with Crippen molar-refractivity contribution in [1.29, 1.82) is 0 Å². The van der Waals surface area contributed by atoms with Crippen LogP contribution >= 0.6 is 11.3 Å². The first-order valence-corrected chi connectivity index (χ1v) is 12.8. The van der Waals surface area contributed by atoms with E-state index >= 15 is 0 Å². The van der Waals surface area contributed by atoms with Gasteiger partial charge in [0.25, 0.3) is 0 Å². The minimum absolute atomic E-state index is 0.0333. The van der Waals surface area contributed by atoms with Crippen molar-refractivity contribution < 1.29 is 14.3 Å². The summed E-state index contributed by atoms with van der Waals surface area (Å²) in [6, 6.07) is 11.3. The molecule has 1 unspecified atom stereocenters. The van der Waals surface area contributed by atoms with Crippen molar-refractivity contribution in [3.05, 3.63) is 52.2 Å². The Morgan fingerprint density at radius 2 is 1.81 bits per heavy atom. The molecule has 5 nitrogen and oxygen atoms in total. The third kappa shape index (κ3) is 5.52. The zero-order chi connectivity index (χ0) is 22.3. The molecule has 2 aromatic rings. The summed E-state index contributed by atoms with van der Waals surface area (Å²) in [4.78, 5) is 30.4. The lowest BCUT2D eigenvalue weighted by Crippen LogP contribution is -2.50. The van der Waals surface area contributed by atoms with Gasteiger partial charge in [-0.1, -0.05) is 50.3 Å². The van der Waals surface area contributed by atoms with E-state index in [1.54, 1.807) is 18.4 Å². The lowest BCUT2D eigenvalue weighted by molar-refractivity contribution is -0.143. The van der Waals surface area contributed by atoms with Gasteiger partial charge in [-0.05, 0) is 54.8 Å². The van der Waals surface area contributed by atoms with Gasteiger partial charge in [0.2, 0.25) is 11.8 Å². The number of rotatable bonds is 8. The fourth-order valence-corrected chi connectivity index (χ4v) is 5.87. The Bertz CT molecular complexity index is 886. The molecule has 1 N–H and O–H groups in total. The van der Waals surface area contributed by atoms with E-state index in [2.05, 4.69) is 5.32 Å². The summed E-state index contributed by atoms with van der Waals surface area (Å²) in [5.41, 5.74) is 0.823. The molecule has 1 aromatic carbocycles. The monoisotopic (exact) mass is 454 g/mol. The zero-order valence-corrected chi connectivity index (χ0v) is 19.7. The van der Waals surface area contributed by atoms with E-state index in [9.17, 15) is 9.59 Å². The predicted octanol–water partition coefficient (Wildman–Crippen LogP) is 5.26. The summed E-state index contributed by atoms with van der Waals surface area (Å²) in [5.74, 6) is 0.678. The first kappa shape index (κ1) is 22.8. The maximum Gasteiger partial charge on any atom is 0.247 e. The highest BCUT2D eigenvalue weighted by Crippen LogP contribution is 2.34. The Balaban J connectivity index is 1.67. The van der Waals surface area contributed by atoms with Crippen LogP contribution in [-0.2, 0) is 16.0 Å². The second-order valence-electron chi connectivity index (χ2n) is 9.02. The van der Waals surface area contributed by atoms with Gasteiger partial charge in [-0.15, -0.1) is 11.3 Å². The molecule has 6 heteroatoms. The van der Waals surface area contributed by atoms with Gasteiger partial charge >= 0.3 is 0 Å². The van der Waals surface area contributed by atoms with Crippen molar-refractivity contribution in [1.82, 2.24) is 10.2 Å². The number of nitrogens with one attached hydrogen (secondary N) is 1. The van der Waals surface area contributed by atoms with Crippen LogP contribution in [0.25, 0.3) is 0 Å². The molecule has 2 saturated carbocycles. The standard InChI is InChI=1S/C26H34N2O3S/c1-31-22-14-7-9-19(17-22)25(26(30)27-20-10-3-2-4-11-20)28(21-12-5-6-13-21)24(29)18-23-15-8-16-32-23/h7-9,14-17,20-21,25H,2-6,10-13,18H2,1H3,(H,27,30). The molecule has 4 rings (SSSR count). The maximum absolute atomic E-state index is 13.8. The van der Waals surface area contributed by atoms with E-state index in [1.807, 2.05) is 46.7 Å². The minimum Gasteiger partial charge on any atom is -0.497 e. The first-order valence-electron chi connectivity index (χ1n) is 11.9. The van der Waals surface area contributed by atoms with E-state index in [0.29, 0.717) is 12.2 Å². The third-order valence-electron chi connectivity index (χ3n) is 6.80. The molecule has 1 atom stereocenters. The summed E-state index contributed by atoms with van der Waals surface area (Å²) in [6.45, 7) is 0. The molecule has 2 amide bonds. The van der Waals surface area contributed by atoms with E-state index in [4.69, 9.17) is 4.74 Å². The topological polar surface area (TPSA) is 58.6 Å². The number of benzene rings is 1. The van der Waals surface area contributed by atoms with Crippen LogP contribution in [0.5, 0.6) is 5.75 Å². The van der Waals surface area contributed by atoms with Crippen molar-refractivity contribution in [3.8, 4) is 5.75 Å². The van der Waals surface area contributed by atoms with Crippen LogP contribution in [0.2, 0.25) is 0 Å². The second-order valence-corrected chi connectivity index (χ2v) is 10.1. The Morgan fingerprint density at radius 3 is 2.50 bits per heavy atom. The third-order valence-corrected chi connectivity index (χ3v) is 7.68. The van der Waals surface area contributed by atoms with Gasteiger partial charge < -0.3 is 15.0 Å². The summed E-state index contributed by atoms with van der Waals surface area (Å²) in [5, 5.41) is 5.30. The molecule has 172 valence electrons. The SMILES string of the molecule is COc1cccc(C(C(=O)NC2CCCCC2)N(C(=O)Cc2cccs2)C2CCCC2)c1. The maximum atomic E-state index is 13.8. The number of hydrogen-bond acceptors (Lipinski definition) is 4. The van der Waals surface area contributed by atoms with Gasteiger partial charge in [0, 0.05) is 17.0 Å². The van der Waals surface area contributed by atoms with Crippen molar-refractivity contribution >= 4 is 23.2 Å². The highest BCUT2D eigenvalue weighted by Gasteiger charge is 2.38. The lowest BCUT2D eigenvalue weighted by Gasteiger charge is -2.37. The molecule has 0 bridgehead atoms. The smallest absolute Gasteiger partial charge is 0.247 e. The Labute approximate surface area is 195 Å². The van der Waals surface area contributed by atoms with Crippen molar-refractivity contribution in [2.24, 2.45) is 0 Å². The largest absolute Gasteiger partial charge is 0.497 e. The molecule has 2 aliphatic rings. The van der Waals surface area contributed by atoms with Crippen molar-refractivity contribution in [3.63, 3.8) is 0 Å². The molecular weight excluding hydrogens is 420 g/mol. The van der Waals surface area contributed by atoms with Crippen LogP contribution in [0.4, 0.5) is 0 Å². The Morgan fingerprint density at radius 1 is 1.06 bits per heavy atom. The summed E-state index contributed by atoms with van der Waals surface area (Å²) >= 11 is 1.59. The number of thiophene rings is 1. The van der Waals surface area contributed by atoms with Crippen LogP contribution in [0.1, 0.15) is 74.3 Å². The normalized spacial score (nSPS) is 18.3. The second kappa shape index (κ2) is 11.0. The molecule has 1 heterocycles. The van der Waals surface area contributed by atoms with Crippen LogP contribution in [0.15, 0.2) is 41.8 Å². The Kier molecular flexibility index (Phi) is 7.85. The molecule has 2 fully saturated rings. The highest BCUT2D eigenvalue weighted by molar-refractivity contribution is 7.10. The fourth-order valence-electron chi connectivity index (χ4n) is 5.17. The van der Waals surface area contributed by atoms with Gasteiger partial charge in [-0.3, -0.25) is 9.59 Å². The van der Waals surface area contributed by atoms with Crippen LogP contribution in [0, 0.1) is 0 Å². The fraction of sp³-hybridized carbons (Fsp3) is 0.538. The molecule has 0 saturated heterocycles. The predicted molar refractivity (Wildman–Crippen MR) is 128 cm³/mol. The van der Waals surface area contributed by atoms with Gasteiger partial charge in [-0.2, -0.15) is 0 Å². The van der Waals surface area contributed by atoms with E-state index < -0.39 is 6.04 Å². The number of ether oxygens (including phenoxy) is 1. The van der Waals surface area contributed by atoms with Crippen LogP contribution in [-0.4, -0.2) is 35.9 Å². The Hall–Kier alpha value is -2.34. The average molecular weight is 455 g/mol. The molecule has 1 aromatic heterocycles. The van der Waals surface area contributed by atoms with Crippen molar-refractivity contribution in [2.75, 3.05) is 7.11 Å². The molecule has 32 heavy (non-hydrogen) atoms.